The maximum atomic E-state index is 10.9. The molecule has 0 unspecified atom stereocenters. The van der Waals surface area contributed by atoms with Crippen LogP contribution in [0.25, 0.3) is 0 Å². The first-order valence-electron chi connectivity index (χ1n) is 6.31. The Labute approximate surface area is 136 Å². The summed E-state index contributed by atoms with van der Waals surface area (Å²) in [6.45, 7) is 7.02. The minimum Gasteiger partial charge on any atom is -0.357 e. The number of hydrogen-bond donors (Lipinski definition) is 2. The molecule has 6 nitrogen and oxygen atoms in total. The van der Waals surface area contributed by atoms with E-state index in [2.05, 4.69) is 15.6 Å². The SMILES string of the molecule is CCNC(=NCc1ccccc1[N+](=O)[O-])NC(C)C.I. The van der Waals surface area contributed by atoms with Crippen molar-refractivity contribution in [3.05, 3.63) is 39.9 Å². The van der Waals surface area contributed by atoms with E-state index in [-0.39, 0.29) is 47.2 Å². The molecule has 0 saturated heterocycles. The average molecular weight is 392 g/mol. The summed E-state index contributed by atoms with van der Waals surface area (Å²) in [5.41, 5.74) is 0.708. The third kappa shape index (κ3) is 6.18. The summed E-state index contributed by atoms with van der Waals surface area (Å²) in [6.07, 6.45) is 0. The Morgan fingerprint density at radius 1 is 1.40 bits per heavy atom. The molecule has 2 N–H and O–H groups in total. The van der Waals surface area contributed by atoms with Crippen molar-refractivity contribution in [1.82, 2.24) is 10.6 Å². The summed E-state index contributed by atoms with van der Waals surface area (Å²) >= 11 is 0. The van der Waals surface area contributed by atoms with Gasteiger partial charge in [0.05, 0.1) is 17.0 Å². The molecule has 7 heteroatoms. The minimum absolute atomic E-state index is 0. The van der Waals surface area contributed by atoms with Gasteiger partial charge in [0, 0.05) is 18.7 Å². The van der Waals surface area contributed by atoms with E-state index >= 15 is 0 Å². The van der Waals surface area contributed by atoms with Crippen LogP contribution in [0.5, 0.6) is 0 Å². The predicted molar refractivity (Wildman–Crippen MR) is 91.6 cm³/mol. The summed E-state index contributed by atoms with van der Waals surface area (Å²) < 4.78 is 0. The van der Waals surface area contributed by atoms with Crippen molar-refractivity contribution in [2.24, 2.45) is 4.99 Å². The van der Waals surface area contributed by atoms with Gasteiger partial charge in [0.1, 0.15) is 0 Å². The van der Waals surface area contributed by atoms with E-state index in [0.717, 1.165) is 6.54 Å². The highest BCUT2D eigenvalue weighted by molar-refractivity contribution is 14.0. The topological polar surface area (TPSA) is 79.6 Å². The first-order valence-corrected chi connectivity index (χ1v) is 6.31. The van der Waals surface area contributed by atoms with Gasteiger partial charge in [-0.15, -0.1) is 24.0 Å². The average Bonchev–Trinajstić information content (AvgIpc) is 2.36. The summed E-state index contributed by atoms with van der Waals surface area (Å²) in [4.78, 5) is 14.9. The number of rotatable bonds is 5. The molecule has 0 radical (unpaired) electrons. The quantitative estimate of drug-likeness (QED) is 0.266. The fourth-order valence-corrected chi connectivity index (χ4v) is 1.58. The fraction of sp³-hybridized carbons (Fsp3) is 0.462. The third-order valence-corrected chi connectivity index (χ3v) is 2.37. The molecule has 0 heterocycles. The van der Waals surface area contributed by atoms with E-state index in [4.69, 9.17) is 0 Å². The number of hydrogen-bond acceptors (Lipinski definition) is 3. The summed E-state index contributed by atoms with van der Waals surface area (Å²) in [6, 6.07) is 6.90. The number of nitrogens with one attached hydrogen (secondary N) is 2. The number of halogens is 1. The Kier molecular flexibility index (Phi) is 8.86. The van der Waals surface area contributed by atoms with Gasteiger partial charge in [0.2, 0.25) is 0 Å². The van der Waals surface area contributed by atoms with Crippen LogP contribution >= 0.6 is 24.0 Å². The Morgan fingerprint density at radius 3 is 2.60 bits per heavy atom. The standard InChI is InChI=1S/C13H20N4O2.HI/c1-4-14-13(16-10(2)3)15-9-11-7-5-6-8-12(11)17(18)19;/h5-8,10H,4,9H2,1-3H3,(H2,14,15,16);1H. The van der Waals surface area contributed by atoms with Crippen LogP contribution in [0.4, 0.5) is 5.69 Å². The first-order chi connectivity index (χ1) is 9.04. The molecule has 0 fully saturated rings. The normalized spacial score (nSPS) is 10.9. The molecule has 112 valence electrons. The zero-order valence-electron chi connectivity index (χ0n) is 11.9. The largest absolute Gasteiger partial charge is 0.357 e. The van der Waals surface area contributed by atoms with Crippen molar-refractivity contribution in [1.29, 1.82) is 0 Å². The van der Waals surface area contributed by atoms with Crippen molar-refractivity contribution in [2.75, 3.05) is 6.54 Å². The van der Waals surface area contributed by atoms with E-state index in [0.29, 0.717) is 11.5 Å². The summed E-state index contributed by atoms with van der Waals surface area (Å²) in [5.74, 6) is 0.663. The molecule has 0 bridgehead atoms. The van der Waals surface area contributed by atoms with Crippen molar-refractivity contribution >= 4 is 35.6 Å². The highest BCUT2D eigenvalue weighted by Crippen LogP contribution is 2.18. The Hall–Kier alpha value is -1.38. The van der Waals surface area contributed by atoms with E-state index in [1.54, 1.807) is 18.2 Å². The van der Waals surface area contributed by atoms with Crippen LogP contribution < -0.4 is 10.6 Å². The number of para-hydroxylation sites is 1. The molecule has 1 aromatic rings. The van der Waals surface area contributed by atoms with Gasteiger partial charge < -0.3 is 10.6 Å². The lowest BCUT2D eigenvalue weighted by molar-refractivity contribution is -0.385. The molecule has 20 heavy (non-hydrogen) atoms. The van der Waals surface area contributed by atoms with Gasteiger partial charge in [0.15, 0.2) is 5.96 Å². The lowest BCUT2D eigenvalue weighted by atomic mass is 10.2. The van der Waals surface area contributed by atoms with Gasteiger partial charge in [0.25, 0.3) is 5.69 Å². The third-order valence-electron chi connectivity index (χ3n) is 2.37. The van der Waals surface area contributed by atoms with Gasteiger partial charge in [-0.1, -0.05) is 18.2 Å². The van der Waals surface area contributed by atoms with E-state index < -0.39 is 0 Å². The molecule has 0 saturated carbocycles. The zero-order valence-corrected chi connectivity index (χ0v) is 14.3. The fourth-order valence-electron chi connectivity index (χ4n) is 1.58. The molecule has 0 spiro atoms. The van der Waals surface area contributed by atoms with Crippen LogP contribution in [0, 0.1) is 10.1 Å². The van der Waals surface area contributed by atoms with Gasteiger partial charge in [-0.3, -0.25) is 10.1 Å². The monoisotopic (exact) mass is 392 g/mol. The first kappa shape index (κ1) is 18.6. The molecule has 1 rings (SSSR count). The van der Waals surface area contributed by atoms with Crippen molar-refractivity contribution < 1.29 is 4.92 Å². The Balaban J connectivity index is 0.00000361. The maximum absolute atomic E-state index is 10.9. The second-order valence-electron chi connectivity index (χ2n) is 4.38. The zero-order chi connectivity index (χ0) is 14.3. The number of nitrogens with zero attached hydrogens (tertiary/aromatic N) is 2. The molecule has 0 aliphatic carbocycles. The predicted octanol–water partition coefficient (Wildman–Crippen LogP) is 2.68. The minimum atomic E-state index is -0.381. The van der Waals surface area contributed by atoms with Crippen LogP contribution in [0.3, 0.4) is 0 Å². The molecule has 0 aromatic heterocycles. The smallest absolute Gasteiger partial charge is 0.274 e. The van der Waals surface area contributed by atoms with Gasteiger partial charge >= 0.3 is 0 Å². The molecule has 0 aliphatic rings. The lowest BCUT2D eigenvalue weighted by Gasteiger charge is -2.13. The van der Waals surface area contributed by atoms with E-state index in [9.17, 15) is 10.1 Å². The molecular formula is C13H21IN4O2. The van der Waals surface area contributed by atoms with Crippen molar-refractivity contribution in [3.63, 3.8) is 0 Å². The molecule has 0 aliphatic heterocycles. The van der Waals surface area contributed by atoms with Crippen LogP contribution in [-0.4, -0.2) is 23.5 Å². The van der Waals surface area contributed by atoms with Crippen molar-refractivity contribution in [2.45, 2.75) is 33.4 Å². The second kappa shape index (κ2) is 9.51. The molecule has 1 aromatic carbocycles. The number of guanidine groups is 1. The van der Waals surface area contributed by atoms with Gasteiger partial charge in [-0.05, 0) is 20.8 Å². The summed E-state index contributed by atoms with van der Waals surface area (Å²) in [5, 5.41) is 17.2. The Morgan fingerprint density at radius 2 is 2.05 bits per heavy atom. The molecule has 0 atom stereocenters. The van der Waals surface area contributed by atoms with Gasteiger partial charge in [-0.2, -0.15) is 0 Å². The van der Waals surface area contributed by atoms with E-state index in [1.165, 1.54) is 6.07 Å². The highest BCUT2D eigenvalue weighted by Gasteiger charge is 2.11. The molecule has 0 amide bonds. The maximum Gasteiger partial charge on any atom is 0.274 e. The lowest BCUT2D eigenvalue weighted by Crippen LogP contribution is -2.41. The van der Waals surface area contributed by atoms with Crippen LogP contribution in [0.1, 0.15) is 26.3 Å². The number of benzene rings is 1. The second-order valence-corrected chi connectivity index (χ2v) is 4.38. The highest BCUT2D eigenvalue weighted by atomic mass is 127. The Bertz CT molecular complexity index is 463. The molecular weight excluding hydrogens is 371 g/mol. The number of nitro benzene ring substituents is 1. The van der Waals surface area contributed by atoms with Crippen molar-refractivity contribution in [3.8, 4) is 0 Å². The number of nitro groups is 1. The van der Waals surface area contributed by atoms with E-state index in [1.807, 2.05) is 20.8 Å². The number of aliphatic imine (C=N–C) groups is 1. The van der Waals surface area contributed by atoms with Gasteiger partial charge in [-0.25, -0.2) is 4.99 Å². The van der Waals surface area contributed by atoms with Crippen LogP contribution in [0.2, 0.25) is 0 Å². The van der Waals surface area contributed by atoms with Crippen LogP contribution in [-0.2, 0) is 6.54 Å². The summed E-state index contributed by atoms with van der Waals surface area (Å²) in [7, 11) is 0. The van der Waals surface area contributed by atoms with Crippen LogP contribution in [0.15, 0.2) is 29.3 Å².